The van der Waals surface area contributed by atoms with Crippen LogP contribution in [-0.2, 0) is 13.0 Å². The number of hydrogen-bond donors (Lipinski definition) is 3. The van der Waals surface area contributed by atoms with Crippen LogP contribution >= 0.6 is 12.4 Å². The number of anilines is 1. The molecule has 2 heterocycles. The smallest absolute Gasteiger partial charge is 0.276 e. The van der Waals surface area contributed by atoms with E-state index in [4.69, 9.17) is 4.74 Å². The molecule has 22 heavy (non-hydrogen) atoms. The fourth-order valence-corrected chi connectivity index (χ4v) is 2.43. The maximum Gasteiger partial charge on any atom is 0.276 e. The highest BCUT2D eigenvalue weighted by atomic mass is 35.5. The monoisotopic (exact) mass is 322 g/mol. The molecule has 1 aliphatic heterocycles. The van der Waals surface area contributed by atoms with Gasteiger partial charge < -0.3 is 15.4 Å². The molecule has 2 aromatic rings. The van der Waals surface area contributed by atoms with Crippen molar-refractivity contribution in [1.82, 2.24) is 15.5 Å². The van der Waals surface area contributed by atoms with Crippen LogP contribution in [0.2, 0.25) is 0 Å². The molecule has 7 heteroatoms. The van der Waals surface area contributed by atoms with Crippen molar-refractivity contribution in [3.63, 3.8) is 0 Å². The summed E-state index contributed by atoms with van der Waals surface area (Å²) in [7, 11) is 0. The number of fused-ring (bicyclic) bond motifs is 1. The number of nitrogens with one attached hydrogen (secondary N) is 3. The molecule has 0 atom stereocenters. The van der Waals surface area contributed by atoms with Crippen LogP contribution in [0.4, 0.5) is 5.69 Å². The van der Waals surface area contributed by atoms with Gasteiger partial charge in [0.2, 0.25) is 0 Å². The minimum Gasteiger partial charge on any atom is -0.494 e. The Kier molecular flexibility index (Phi) is 5.41. The van der Waals surface area contributed by atoms with E-state index in [0.717, 1.165) is 30.0 Å². The summed E-state index contributed by atoms with van der Waals surface area (Å²) in [5.74, 6) is 0.533. The van der Waals surface area contributed by atoms with Crippen LogP contribution in [0.1, 0.15) is 28.7 Å². The lowest BCUT2D eigenvalue weighted by Gasteiger charge is -2.13. The third kappa shape index (κ3) is 3.40. The van der Waals surface area contributed by atoms with Crippen LogP contribution in [0, 0.1) is 0 Å². The lowest BCUT2D eigenvalue weighted by molar-refractivity contribution is 0.102. The van der Waals surface area contributed by atoms with Crippen molar-refractivity contribution in [3.05, 3.63) is 41.2 Å². The highest BCUT2D eigenvalue weighted by Gasteiger charge is 2.21. The van der Waals surface area contributed by atoms with E-state index in [0.29, 0.717) is 24.5 Å². The van der Waals surface area contributed by atoms with Gasteiger partial charge in [-0.3, -0.25) is 9.89 Å². The molecule has 1 aromatic carbocycles. The first-order chi connectivity index (χ1) is 10.3. The molecule has 1 aromatic heterocycles. The van der Waals surface area contributed by atoms with Crippen LogP contribution in [-0.4, -0.2) is 29.3 Å². The van der Waals surface area contributed by atoms with Gasteiger partial charge in [-0.15, -0.1) is 12.4 Å². The lowest BCUT2D eigenvalue weighted by Crippen LogP contribution is -2.25. The van der Waals surface area contributed by atoms with Gasteiger partial charge in [-0.25, -0.2) is 0 Å². The molecule has 118 valence electrons. The van der Waals surface area contributed by atoms with E-state index in [1.165, 1.54) is 0 Å². The number of aromatic nitrogens is 2. The van der Waals surface area contributed by atoms with Gasteiger partial charge in [0.1, 0.15) is 5.75 Å². The van der Waals surface area contributed by atoms with Crippen molar-refractivity contribution >= 4 is 24.0 Å². The molecule has 1 amide bonds. The number of halogens is 1. The molecule has 0 radical (unpaired) electrons. The van der Waals surface area contributed by atoms with Crippen molar-refractivity contribution < 1.29 is 9.53 Å². The molecule has 3 rings (SSSR count). The van der Waals surface area contributed by atoms with Crippen molar-refractivity contribution in [1.29, 1.82) is 0 Å². The molecule has 6 nitrogen and oxygen atoms in total. The molecular weight excluding hydrogens is 304 g/mol. The van der Waals surface area contributed by atoms with E-state index < -0.39 is 0 Å². The molecule has 0 saturated carbocycles. The Morgan fingerprint density at radius 2 is 2.32 bits per heavy atom. The summed E-state index contributed by atoms with van der Waals surface area (Å²) in [6.45, 7) is 4.10. The highest BCUT2D eigenvalue weighted by Crippen LogP contribution is 2.20. The molecule has 0 aliphatic carbocycles. The van der Waals surface area contributed by atoms with Crippen molar-refractivity contribution in [2.75, 3.05) is 18.5 Å². The number of nitrogens with zero attached hydrogens (tertiary/aromatic N) is 1. The molecule has 0 saturated heterocycles. The largest absolute Gasteiger partial charge is 0.494 e. The van der Waals surface area contributed by atoms with E-state index in [9.17, 15) is 4.79 Å². The van der Waals surface area contributed by atoms with E-state index >= 15 is 0 Å². The topological polar surface area (TPSA) is 79.0 Å². The van der Waals surface area contributed by atoms with Crippen molar-refractivity contribution in [2.24, 2.45) is 0 Å². The van der Waals surface area contributed by atoms with E-state index in [1.54, 1.807) is 6.07 Å². The van der Waals surface area contributed by atoms with Crippen LogP contribution in [0.25, 0.3) is 0 Å². The summed E-state index contributed by atoms with van der Waals surface area (Å²) in [5.41, 5.74) is 3.16. The number of carbonyl (C=O) groups excluding carboxylic acids is 1. The van der Waals surface area contributed by atoms with E-state index in [1.807, 2.05) is 25.1 Å². The number of benzene rings is 1. The third-order valence-electron chi connectivity index (χ3n) is 3.42. The average molecular weight is 323 g/mol. The lowest BCUT2D eigenvalue weighted by atomic mass is 10.1. The van der Waals surface area contributed by atoms with Gasteiger partial charge in [0.15, 0.2) is 5.69 Å². The minimum absolute atomic E-state index is 0. The second-order valence-electron chi connectivity index (χ2n) is 4.87. The number of carbonyl (C=O) groups is 1. The first-order valence-corrected chi connectivity index (χ1v) is 7.09. The Bertz CT molecular complexity index is 657. The molecule has 3 N–H and O–H groups in total. The fourth-order valence-electron chi connectivity index (χ4n) is 2.43. The Labute approximate surface area is 135 Å². The van der Waals surface area contributed by atoms with Gasteiger partial charge in [-0.1, -0.05) is 6.07 Å². The van der Waals surface area contributed by atoms with Crippen LogP contribution in [0.15, 0.2) is 24.3 Å². The quantitative estimate of drug-likeness (QED) is 0.805. The molecule has 0 bridgehead atoms. The highest BCUT2D eigenvalue weighted by molar-refractivity contribution is 6.04. The number of aromatic amines is 1. The number of ether oxygens (including phenoxy) is 1. The van der Waals surface area contributed by atoms with Gasteiger partial charge in [0.05, 0.1) is 6.61 Å². The first-order valence-electron chi connectivity index (χ1n) is 7.09. The number of amides is 1. The summed E-state index contributed by atoms with van der Waals surface area (Å²) in [5, 5.41) is 13.2. The standard InChI is InChI=1S/C15H18N4O2.ClH/c1-2-21-11-5-3-4-10(8-11)17-15(20)14-12-9-16-7-6-13(12)18-19-14;/h3-5,8,16H,2,6-7,9H2,1H3,(H,17,20)(H,18,19);1H. The maximum absolute atomic E-state index is 12.4. The zero-order chi connectivity index (χ0) is 14.7. The maximum atomic E-state index is 12.4. The van der Waals surface area contributed by atoms with E-state index in [-0.39, 0.29) is 18.3 Å². The predicted molar refractivity (Wildman–Crippen MR) is 86.8 cm³/mol. The predicted octanol–water partition coefficient (Wildman–Crippen LogP) is 2.13. The summed E-state index contributed by atoms with van der Waals surface area (Å²) in [6, 6.07) is 7.35. The average Bonchev–Trinajstić information content (AvgIpc) is 2.92. The Hall–Kier alpha value is -2.05. The molecule has 0 fully saturated rings. The summed E-state index contributed by atoms with van der Waals surface area (Å²) in [6.07, 6.45) is 0.870. The Morgan fingerprint density at radius 3 is 3.14 bits per heavy atom. The molecule has 0 spiro atoms. The third-order valence-corrected chi connectivity index (χ3v) is 3.42. The summed E-state index contributed by atoms with van der Waals surface area (Å²) >= 11 is 0. The van der Waals surface area contributed by atoms with Crippen LogP contribution in [0.5, 0.6) is 5.75 Å². The second-order valence-corrected chi connectivity index (χ2v) is 4.87. The first kappa shape index (κ1) is 16.3. The Balaban J connectivity index is 0.00000176. The van der Waals surface area contributed by atoms with Gasteiger partial charge in [-0.2, -0.15) is 5.10 Å². The summed E-state index contributed by atoms with van der Waals surface area (Å²) in [4.78, 5) is 12.4. The van der Waals surface area contributed by atoms with Crippen LogP contribution < -0.4 is 15.4 Å². The van der Waals surface area contributed by atoms with Gasteiger partial charge in [0, 0.05) is 42.5 Å². The van der Waals surface area contributed by atoms with Crippen molar-refractivity contribution in [3.8, 4) is 5.75 Å². The van der Waals surface area contributed by atoms with Gasteiger partial charge >= 0.3 is 0 Å². The van der Waals surface area contributed by atoms with Crippen LogP contribution in [0.3, 0.4) is 0 Å². The number of rotatable bonds is 4. The van der Waals surface area contributed by atoms with Gasteiger partial charge in [-0.05, 0) is 19.1 Å². The summed E-state index contributed by atoms with van der Waals surface area (Å²) < 4.78 is 5.43. The molecular formula is C15H19ClN4O2. The second kappa shape index (κ2) is 7.29. The normalized spacial score (nSPS) is 13.0. The SMILES string of the molecule is CCOc1cccc(NC(=O)c2n[nH]c3c2CNCC3)c1.Cl. The van der Waals surface area contributed by atoms with Crippen molar-refractivity contribution in [2.45, 2.75) is 19.9 Å². The zero-order valence-corrected chi connectivity index (χ0v) is 13.1. The van der Waals surface area contributed by atoms with E-state index in [2.05, 4.69) is 20.8 Å². The fraction of sp³-hybridized carbons (Fsp3) is 0.333. The number of hydrogen-bond acceptors (Lipinski definition) is 4. The molecule has 1 aliphatic rings. The minimum atomic E-state index is -0.204. The molecule has 0 unspecified atom stereocenters. The Morgan fingerprint density at radius 1 is 1.45 bits per heavy atom. The number of H-pyrrole nitrogens is 1. The van der Waals surface area contributed by atoms with Gasteiger partial charge in [0.25, 0.3) is 5.91 Å². The zero-order valence-electron chi connectivity index (χ0n) is 12.3.